The van der Waals surface area contributed by atoms with Crippen LogP contribution in [0.1, 0.15) is 39.5 Å². The van der Waals surface area contributed by atoms with Crippen LogP contribution in [-0.4, -0.2) is 0 Å². The monoisotopic (exact) mass is 148 g/mol. The first-order valence-corrected chi connectivity index (χ1v) is 4.67. The smallest absolute Gasteiger partial charge is 0.00131 e. The van der Waals surface area contributed by atoms with Crippen LogP contribution >= 0.6 is 0 Å². The molecule has 0 aliphatic heterocycles. The Kier molecular flexibility index (Phi) is 1.63. The van der Waals surface area contributed by atoms with E-state index >= 15 is 0 Å². The molecule has 1 atom stereocenters. The van der Waals surface area contributed by atoms with Crippen LogP contribution in [0.15, 0.2) is 22.8 Å². The second-order valence-corrected chi connectivity index (χ2v) is 3.89. The maximum atomic E-state index is 2.38. The molecule has 0 amide bonds. The van der Waals surface area contributed by atoms with Crippen molar-refractivity contribution in [3.8, 4) is 0 Å². The van der Waals surface area contributed by atoms with Crippen LogP contribution in [0, 0.1) is 5.92 Å². The van der Waals surface area contributed by atoms with Crippen molar-refractivity contribution in [2.45, 2.75) is 39.5 Å². The minimum atomic E-state index is 0.851. The van der Waals surface area contributed by atoms with Crippen LogP contribution < -0.4 is 0 Å². The largest absolute Gasteiger partial charge is 0.0659 e. The molecule has 0 aromatic heterocycles. The molecular weight excluding hydrogens is 132 g/mol. The van der Waals surface area contributed by atoms with Gasteiger partial charge >= 0.3 is 0 Å². The Morgan fingerprint density at radius 1 is 1.27 bits per heavy atom. The van der Waals surface area contributed by atoms with E-state index < -0.39 is 0 Å². The van der Waals surface area contributed by atoms with Gasteiger partial charge in [-0.05, 0) is 33.1 Å². The van der Waals surface area contributed by atoms with Gasteiger partial charge in [-0.2, -0.15) is 0 Å². The van der Waals surface area contributed by atoms with Crippen LogP contribution in [0.25, 0.3) is 0 Å². The summed E-state index contributed by atoms with van der Waals surface area (Å²) in [4.78, 5) is 0. The van der Waals surface area contributed by atoms with Gasteiger partial charge in [0.1, 0.15) is 0 Å². The van der Waals surface area contributed by atoms with Gasteiger partial charge in [0.2, 0.25) is 0 Å². The van der Waals surface area contributed by atoms with Crippen LogP contribution in [0.2, 0.25) is 0 Å². The van der Waals surface area contributed by atoms with Gasteiger partial charge < -0.3 is 0 Å². The lowest BCUT2D eigenvalue weighted by Gasteiger charge is -2.22. The van der Waals surface area contributed by atoms with Gasteiger partial charge in [-0.3, -0.25) is 0 Å². The summed E-state index contributed by atoms with van der Waals surface area (Å²) < 4.78 is 0. The summed E-state index contributed by atoms with van der Waals surface area (Å²) in [6.07, 6.45) is 8.02. The van der Waals surface area contributed by atoms with Crippen molar-refractivity contribution in [1.29, 1.82) is 0 Å². The van der Waals surface area contributed by atoms with E-state index in [4.69, 9.17) is 0 Å². The first-order valence-electron chi connectivity index (χ1n) is 4.67. The molecule has 2 aliphatic carbocycles. The highest BCUT2D eigenvalue weighted by atomic mass is 14.3. The molecular formula is C11H16. The summed E-state index contributed by atoms with van der Waals surface area (Å²) in [7, 11) is 0. The Bertz CT molecular complexity index is 230. The second kappa shape index (κ2) is 2.51. The van der Waals surface area contributed by atoms with E-state index in [1.54, 1.807) is 16.7 Å². The molecule has 0 radical (unpaired) electrons. The molecule has 1 saturated carbocycles. The lowest BCUT2D eigenvalue weighted by atomic mass is 9.82. The summed E-state index contributed by atoms with van der Waals surface area (Å²) >= 11 is 0. The molecule has 2 rings (SSSR count). The van der Waals surface area contributed by atoms with Gasteiger partial charge in [-0.15, -0.1) is 0 Å². The molecule has 1 unspecified atom stereocenters. The molecule has 0 heteroatoms. The fourth-order valence-corrected chi connectivity index (χ4v) is 2.52. The normalized spacial score (nSPS) is 30.4. The van der Waals surface area contributed by atoms with Crippen LogP contribution in [0.5, 0.6) is 0 Å². The van der Waals surface area contributed by atoms with Crippen molar-refractivity contribution in [1.82, 2.24) is 0 Å². The van der Waals surface area contributed by atoms with Gasteiger partial charge in [-0.25, -0.2) is 0 Å². The predicted octanol–water partition coefficient (Wildman–Crippen LogP) is 3.45. The lowest BCUT2D eigenvalue weighted by Crippen LogP contribution is -2.08. The summed E-state index contributed by atoms with van der Waals surface area (Å²) in [6, 6.07) is 0. The highest BCUT2D eigenvalue weighted by molar-refractivity contribution is 5.40. The van der Waals surface area contributed by atoms with Gasteiger partial charge in [0.25, 0.3) is 0 Å². The van der Waals surface area contributed by atoms with Gasteiger partial charge in [0.15, 0.2) is 0 Å². The van der Waals surface area contributed by atoms with Crippen LogP contribution in [0.4, 0.5) is 0 Å². The Morgan fingerprint density at radius 3 is 2.82 bits per heavy atom. The highest BCUT2D eigenvalue weighted by Gasteiger charge is 2.25. The van der Waals surface area contributed by atoms with Crippen LogP contribution in [-0.2, 0) is 0 Å². The standard InChI is InChI=1S/C11H16/c1-8-7-9(2)11-6-4-3-5-10(8)11/h7,10H,3-6H2,1-2H3. The molecule has 0 saturated heterocycles. The van der Waals surface area contributed by atoms with Gasteiger partial charge in [-0.1, -0.05) is 29.2 Å². The first-order chi connectivity index (χ1) is 5.29. The van der Waals surface area contributed by atoms with E-state index in [9.17, 15) is 0 Å². The third kappa shape index (κ3) is 1.05. The third-order valence-electron chi connectivity index (χ3n) is 3.11. The van der Waals surface area contributed by atoms with Gasteiger partial charge in [0.05, 0.1) is 0 Å². The van der Waals surface area contributed by atoms with E-state index in [1.807, 2.05) is 0 Å². The molecule has 0 aromatic carbocycles. The molecule has 0 N–H and O–H groups in total. The first kappa shape index (κ1) is 7.15. The number of allylic oxidation sites excluding steroid dienone is 4. The number of hydrogen-bond acceptors (Lipinski definition) is 0. The summed E-state index contributed by atoms with van der Waals surface area (Å²) in [6.45, 7) is 4.55. The van der Waals surface area contributed by atoms with Crippen molar-refractivity contribution < 1.29 is 0 Å². The molecule has 0 nitrogen and oxygen atoms in total. The summed E-state index contributed by atoms with van der Waals surface area (Å²) in [5, 5.41) is 0. The zero-order chi connectivity index (χ0) is 7.84. The fourth-order valence-electron chi connectivity index (χ4n) is 2.52. The third-order valence-corrected chi connectivity index (χ3v) is 3.11. The average Bonchev–Trinajstić information content (AvgIpc) is 2.30. The molecule has 0 bridgehead atoms. The Hall–Kier alpha value is -0.520. The lowest BCUT2D eigenvalue weighted by molar-refractivity contribution is 0.507. The topological polar surface area (TPSA) is 0 Å². The molecule has 0 heterocycles. The SMILES string of the molecule is CC1=CC(C)=C2CCCCC12. The van der Waals surface area contributed by atoms with Crippen molar-refractivity contribution in [3.63, 3.8) is 0 Å². The Morgan fingerprint density at radius 2 is 2.09 bits per heavy atom. The minimum Gasteiger partial charge on any atom is -0.0659 e. The minimum absolute atomic E-state index is 0.851. The van der Waals surface area contributed by atoms with E-state index in [1.165, 1.54) is 25.7 Å². The molecule has 0 spiro atoms. The number of fused-ring (bicyclic) bond motifs is 1. The molecule has 1 fully saturated rings. The summed E-state index contributed by atoms with van der Waals surface area (Å²) in [5.74, 6) is 0.851. The maximum Gasteiger partial charge on any atom is 0.00131 e. The van der Waals surface area contributed by atoms with Crippen molar-refractivity contribution in [2.75, 3.05) is 0 Å². The second-order valence-electron chi connectivity index (χ2n) is 3.89. The van der Waals surface area contributed by atoms with Gasteiger partial charge in [0, 0.05) is 5.92 Å². The van der Waals surface area contributed by atoms with E-state index in [0.717, 1.165) is 5.92 Å². The van der Waals surface area contributed by atoms with Crippen molar-refractivity contribution in [2.24, 2.45) is 5.92 Å². The Labute approximate surface area is 69.0 Å². The number of rotatable bonds is 0. The maximum absolute atomic E-state index is 2.38. The molecule has 0 aromatic rings. The van der Waals surface area contributed by atoms with Crippen molar-refractivity contribution in [3.05, 3.63) is 22.8 Å². The zero-order valence-electron chi connectivity index (χ0n) is 7.48. The Balaban J connectivity index is 2.29. The number of hydrogen-bond donors (Lipinski definition) is 0. The fraction of sp³-hybridized carbons (Fsp3) is 0.636. The quantitative estimate of drug-likeness (QED) is 0.493. The van der Waals surface area contributed by atoms with Crippen molar-refractivity contribution >= 4 is 0 Å². The zero-order valence-corrected chi connectivity index (χ0v) is 7.48. The molecule has 60 valence electrons. The van der Waals surface area contributed by atoms with Crippen LogP contribution in [0.3, 0.4) is 0 Å². The molecule has 11 heavy (non-hydrogen) atoms. The average molecular weight is 148 g/mol. The predicted molar refractivity (Wildman–Crippen MR) is 48.4 cm³/mol. The van der Waals surface area contributed by atoms with E-state index in [0.29, 0.717) is 0 Å². The highest BCUT2D eigenvalue weighted by Crippen LogP contribution is 2.41. The summed E-state index contributed by atoms with van der Waals surface area (Å²) in [5.41, 5.74) is 4.91. The van der Waals surface area contributed by atoms with E-state index in [-0.39, 0.29) is 0 Å². The van der Waals surface area contributed by atoms with E-state index in [2.05, 4.69) is 19.9 Å². The molecule has 2 aliphatic rings.